The second-order valence-corrected chi connectivity index (χ2v) is 6.49. The predicted octanol–water partition coefficient (Wildman–Crippen LogP) is 2.86. The van der Waals surface area contributed by atoms with E-state index in [-0.39, 0.29) is 22.9 Å². The van der Waals surface area contributed by atoms with Crippen molar-refractivity contribution in [2.24, 2.45) is 5.41 Å². The highest BCUT2D eigenvalue weighted by molar-refractivity contribution is 5.88. The minimum absolute atomic E-state index is 0.106. The minimum Gasteiger partial charge on any atom is -0.491 e. The molecular weight excluding hydrogens is 282 g/mol. The number of carbonyl (C=O) groups is 2. The largest absolute Gasteiger partial charge is 0.491 e. The molecular formula is C17H21NO4. The summed E-state index contributed by atoms with van der Waals surface area (Å²) in [5.74, 6) is -0.218. The van der Waals surface area contributed by atoms with Crippen LogP contribution >= 0.6 is 0 Å². The molecule has 1 aromatic carbocycles. The quantitative estimate of drug-likeness (QED) is 0.912. The van der Waals surface area contributed by atoms with Crippen molar-refractivity contribution in [1.29, 1.82) is 0 Å². The van der Waals surface area contributed by atoms with Gasteiger partial charge >= 0.3 is 5.97 Å². The Balaban J connectivity index is 1.91. The lowest BCUT2D eigenvalue weighted by molar-refractivity contribution is -0.148. The third-order valence-corrected chi connectivity index (χ3v) is 5.00. The SMILES string of the molecule is CC1c2ccc(C(=O)O)cc2OCCN1C(=O)C1(C)CCC1. The molecule has 1 atom stereocenters. The van der Waals surface area contributed by atoms with Crippen LogP contribution in [0.25, 0.3) is 0 Å². The molecule has 5 nitrogen and oxygen atoms in total. The molecule has 5 heteroatoms. The lowest BCUT2D eigenvalue weighted by Gasteiger charge is -2.42. The maximum Gasteiger partial charge on any atom is 0.335 e. The van der Waals surface area contributed by atoms with Gasteiger partial charge in [0.2, 0.25) is 5.91 Å². The molecule has 2 aliphatic rings. The second-order valence-electron chi connectivity index (χ2n) is 6.49. The molecule has 1 heterocycles. The molecule has 3 rings (SSSR count). The molecule has 0 bridgehead atoms. The summed E-state index contributed by atoms with van der Waals surface area (Å²) < 4.78 is 5.70. The number of nitrogens with zero attached hydrogens (tertiary/aromatic N) is 1. The standard InChI is InChI=1S/C17H21NO4/c1-11-13-5-4-12(15(19)20)10-14(13)22-9-8-18(11)16(21)17(2)6-3-7-17/h4-5,10-11H,3,6-9H2,1-2H3,(H,19,20). The summed E-state index contributed by atoms with van der Waals surface area (Å²) in [6.45, 7) is 4.94. The highest BCUT2D eigenvalue weighted by Crippen LogP contribution is 2.44. The van der Waals surface area contributed by atoms with Crippen LogP contribution < -0.4 is 4.74 Å². The van der Waals surface area contributed by atoms with Crippen molar-refractivity contribution in [3.05, 3.63) is 29.3 Å². The zero-order chi connectivity index (χ0) is 15.9. The molecule has 22 heavy (non-hydrogen) atoms. The number of ether oxygens (including phenoxy) is 1. The zero-order valence-corrected chi connectivity index (χ0v) is 13.0. The highest BCUT2D eigenvalue weighted by atomic mass is 16.5. The Morgan fingerprint density at radius 3 is 2.68 bits per heavy atom. The molecule has 1 aliphatic heterocycles. The molecule has 118 valence electrons. The van der Waals surface area contributed by atoms with E-state index in [0.29, 0.717) is 18.9 Å². The van der Waals surface area contributed by atoms with E-state index in [0.717, 1.165) is 24.8 Å². The third kappa shape index (κ3) is 2.34. The van der Waals surface area contributed by atoms with Crippen molar-refractivity contribution in [3.63, 3.8) is 0 Å². The summed E-state index contributed by atoms with van der Waals surface area (Å²) in [4.78, 5) is 25.8. The summed E-state index contributed by atoms with van der Waals surface area (Å²) in [6.07, 6.45) is 3.00. The van der Waals surface area contributed by atoms with Gasteiger partial charge in [0.25, 0.3) is 0 Å². The van der Waals surface area contributed by atoms with Gasteiger partial charge in [0.15, 0.2) is 0 Å². The van der Waals surface area contributed by atoms with E-state index in [1.54, 1.807) is 18.2 Å². The van der Waals surface area contributed by atoms with Crippen LogP contribution in [0.1, 0.15) is 55.1 Å². The minimum atomic E-state index is -0.974. The number of rotatable bonds is 2. The monoisotopic (exact) mass is 303 g/mol. The summed E-state index contributed by atoms with van der Waals surface area (Å²) in [5.41, 5.74) is 0.843. The Kier molecular flexibility index (Phi) is 3.59. The van der Waals surface area contributed by atoms with E-state index in [1.165, 1.54) is 0 Å². The molecule has 0 spiro atoms. The van der Waals surface area contributed by atoms with E-state index in [4.69, 9.17) is 9.84 Å². The van der Waals surface area contributed by atoms with Gasteiger partial charge in [-0.25, -0.2) is 4.79 Å². The second kappa shape index (κ2) is 5.30. The molecule has 1 aliphatic carbocycles. The molecule has 0 saturated heterocycles. The number of fused-ring (bicyclic) bond motifs is 1. The molecule has 0 radical (unpaired) electrons. The van der Waals surface area contributed by atoms with Crippen LogP contribution in [-0.2, 0) is 4.79 Å². The van der Waals surface area contributed by atoms with Crippen LogP contribution in [0.15, 0.2) is 18.2 Å². The number of carboxylic acid groups (broad SMARTS) is 1. The van der Waals surface area contributed by atoms with E-state index in [9.17, 15) is 9.59 Å². The number of benzene rings is 1. The van der Waals surface area contributed by atoms with Gasteiger partial charge in [0, 0.05) is 11.0 Å². The first-order valence-electron chi connectivity index (χ1n) is 7.73. The normalized spacial score (nSPS) is 22.8. The molecule has 1 fully saturated rings. The topological polar surface area (TPSA) is 66.8 Å². The molecule has 1 aromatic rings. The van der Waals surface area contributed by atoms with Gasteiger partial charge in [-0.05, 0) is 31.9 Å². The molecule has 1 saturated carbocycles. The Morgan fingerprint density at radius 2 is 2.09 bits per heavy atom. The number of carboxylic acids is 1. The molecule has 1 amide bonds. The first-order chi connectivity index (χ1) is 10.4. The van der Waals surface area contributed by atoms with Gasteiger partial charge in [-0.2, -0.15) is 0 Å². The number of amides is 1. The average Bonchev–Trinajstić information content (AvgIpc) is 2.63. The van der Waals surface area contributed by atoms with Crippen molar-refractivity contribution in [3.8, 4) is 5.75 Å². The highest BCUT2D eigenvalue weighted by Gasteiger charge is 2.43. The summed E-state index contributed by atoms with van der Waals surface area (Å²) >= 11 is 0. The third-order valence-electron chi connectivity index (χ3n) is 5.00. The molecule has 1 N–H and O–H groups in total. The summed E-state index contributed by atoms with van der Waals surface area (Å²) in [6, 6.07) is 4.77. The van der Waals surface area contributed by atoms with E-state index in [1.807, 2.05) is 18.7 Å². The lowest BCUT2D eigenvalue weighted by atomic mass is 9.69. The Labute approximate surface area is 129 Å². The van der Waals surface area contributed by atoms with Gasteiger partial charge in [-0.3, -0.25) is 4.79 Å². The van der Waals surface area contributed by atoms with Crippen molar-refractivity contribution in [2.45, 2.75) is 39.2 Å². The van der Waals surface area contributed by atoms with Crippen LogP contribution in [0.2, 0.25) is 0 Å². The fourth-order valence-electron chi connectivity index (χ4n) is 3.30. The lowest BCUT2D eigenvalue weighted by Crippen LogP contribution is -2.47. The van der Waals surface area contributed by atoms with Crippen molar-refractivity contribution < 1.29 is 19.4 Å². The summed E-state index contributed by atoms with van der Waals surface area (Å²) in [7, 11) is 0. The van der Waals surface area contributed by atoms with Crippen LogP contribution in [0.5, 0.6) is 5.75 Å². The fraction of sp³-hybridized carbons (Fsp3) is 0.529. The number of aromatic carboxylic acids is 1. The van der Waals surface area contributed by atoms with Crippen LogP contribution in [0.3, 0.4) is 0 Å². The average molecular weight is 303 g/mol. The maximum absolute atomic E-state index is 12.8. The van der Waals surface area contributed by atoms with Crippen LogP contribution in [0, 0.1) is 5.41 Å². The zero-order valence-electron chi connectivity index (χ0n) is 13.0. The van der Waals surface area contributed by atoms with E-state index >= 15 is 0 Å². The molecule has 1 unspecified atom stereocenters. The first kappa shape index (κ1) is 14.9. The summed E-state index contributed by atoms with van der Waals surface area (Å²) in [5, 5.41) is 9.09. The van der Waals surface area contributed by atoms with Gasteiger partial charge in [0.1, 0.15) is 12.4 Å². The Bertz CT molecular complexity index is 621. The predicted molar refractivity (Wildman–Crippen MR) is 81.0 cm³/mol. The van der Waals surface area contributed by atoms with E-state index in [2.05, 4.69) is 0 Å². The fourth-order valence-corrected chi connectivity index (χ4v) is 3.30. The maximum atomic E-state index is 12.8. The number of carbonyl (C=O) groups excluding carboxylic acids is 1. The van der Waals surface area contributed by atoms with Gasteiger partial charge in [-0.1, -0.05) is 19.4 Å². The van der Waals surface area contributed by atoms with Crippen molar-refractivity contribution >= 4 is 11.9 Å². The number of hydrogen-bond donors (Lipinski definition) is 1. The van der Waals surface area contributed by atoms with Crippen molar-refractivity contribution in [1.82, 2.24) is 4.90 Å². The van der Waals surface area contributed by atoms with Gasteiger partial charge in [-0.15, -0.1) is 0 Å². The Morgan fingerprint density at radius 1 is 1.36 bits per heavy atom. The first-order valence-corrected chi connectivity index (χ1v) is 7.73. The van der Waals surface area contributed by atoms with E-state index < -0.39 is 5.97 Å². The smallest absolute Gasteiger partial charge is 0.335 e. The van der Waals surface area contributed by atoms with Crippen molar-refractivity contribution in [2.75, 3.05) is 13.2 Å². The van der Waals surface area contributed by atoms with Crippen LogP contribution in [0.4, 0.5) is 0 Å². The van der Waals surface area contributed by atoms with Crippen LogP contribution in [-0.4, -0.2) is 35.0 Å². The van der Waals surface area contributed by atoms with Gasteiger partial charge in [0.05, 0.1) is 18.2 Å². The molecule has 0 aromatic heterocycles. The van der Waals surface area contributed by atoms with Gasteiger partial charge < -0.3 is 14.7 Å². The number of hydrogen-bond acceptors (Lipinski definition) is 3. The Hall–Kier alpha value is -2.04.